The maximum Gasteiger partial charge on any atom is 0.161 e. The first-order chi connectivity index (χ1) is 12.6. The van der Waals surface area contributed by atoms with Crippen molar-refractivity contribution >= 4 is 16.9 Å². The van der Waals surface area contributed by atoms with Crippen LogP contribution in [0.3, 0.4) is 0 Å². The van der Waals surface area contributed by atoms with E-state index in [-0.39, 0.29) is 11.3 Å². The highest BCUT2D eigenvalue weighted by molar-refractivity contribution is 6.20. The molecule has 7 heteroatoms. The molecule has 5 rings (SSSR count). The topological polar surface area (TPSA) is 42.5 Å². The molecular formula is C19H9F3N4. The molecule has 0 spiro atoms. The SMILES string of the molecule is Fc1cc(F)c(C2=Nc3ccccc3-c3ncnn4ccc2c34)cc1F. The van der Waals surface area contributed by atoms with Gasteiger partial charge in [-0.05, 0) is 18.2 Å². The van der Waals surface area contributed by atoms with Crippen LogP contribution < -0.4 is 0 Å². The summed E-state index contributed by atoms with van der Waals surface area (Å²) < 4.78 is 43.2. The Labute approximate surface area is 145 Å². The lowest BCUT2D eigenvalue weighted by molar-refractivity contribution is 0.494. The summed E-state index contributed by atoms with van der Waals surface area (Å²) in [4.78, 5) is 8.92. The van der Waals surface area contributed by atoms with Gasteiger partial charge in [0, 0.05) is 29.0 Å². The minimum absolute atomic E-state index is 0.122. The average molecular weight is 350 g/mol. The van der Waals surface area contributed by atoms with Crippen LogP contribution in [0.2, 0.25) is 0 Å². The summed E-state index contributed by atoms with van der Waals surface area (Å²) in [6.45, 7) is 0. The molecule has 0 fully saturated rings. The van der Waals surface area contributed by atoms with Gasteiger partial charge >= 0.3 is 0 Å². The molecule has 2 aromatic carbocycles. The van der Waals surface area contributed by atoms with Crippen LogP contribution in [0.1, 0.15) is 11.1 Å². The van der Waals surface area contributed by atoms with E-state index in [1.807, 2.05) is 12.1 Å². The highest BCUT2D eigenvalue weighted by atomic mass is 19.2. The second-order valence-electron chi connectivity index (χ2n) is 5.85. The Hall–Kier alpha value is -3.48. The lowest BCUT2D eigenvalue weighted by Crippen LogP contribution is -2.07. The third-order valence-corrected chi connectivity index (χ3v) is 4.37. The van der Waals surface area contributed by atoms with Crippen LogP contribution in [0.25, 0.3) is 16.8 Å². The van der Waals surface area contributed by atoms with Gasteiger partial charge in [-0.15, -0.1) is 0 Å². The van der Waals surface area contributed by atoms with Gasteiger partial charge in [0.05, 0.1) is 11.4 Å². The second kappa shape index (κ2) is 5.26. The Balaban J connectivity index is 1.92. The Morgan fingerprint density at radius 3 is 2.50 bits per heavy atom. The van der Waals surface area contributed by atoms with Gasteiger partial charge in [-0.1, -0.05) is 18.2 Å². The van der Waals surface area contributed by atoms with Crippen molar-refractivity contribution in [3.63, 3.8) is 0 Å². The minimum atomic E-state index is -1.24. The molecule has 0 unspecified atom stereocenters. The van der Waals surface area contributed by atoms with Crippen molar-refractivity contribution in [2.75, 3.05) is 0 Å². The number of rotatable bonds is 1. The predicted octanol–water partition coefficient (Wildman–Crippen LogP) is 4.30. The predicted molar refractivity (Wildman–Crippen MR) is 90.0 cm³/mol. The third kappa shape index (κ3) is 2.00. The number of benzene rings is 2. The molecule has 4 nitrogen and oxygen atoms in total. The van der Waals surface area contributed by atoms with Crippen LogP contribution in [-0.2, 0) is 0 Å². The summed E-state index contributed by atoms with van der Waals surface area (Å²) in [6, 6.07) is 10.3. The first-order valence-corrected chi connectivity index (χ1v) is 7.79. The third-order valence-electron chi connectivity index (χ3n) is 4.37. The fraction of sp³-hybridized carbons (Fsp3) is 0. The fourth-order valence-corrected chi connectivity index (χ4v) is 3.20. The summed E-state index contributed by atoms with van der Waals surface area (Å²) in [7, 11) is 0. The maximum atomic E-state index is 14.5. The quantitative estimate of drug-likeness (QED) is 0.423. The molecule has 3 heterocycles. The van der Waals surface area contributed by atoms with Crippen molar-refractivity contribution in [3.05, 3.63) is 83.6 Å². The van der Waals surface area contributed by atoms with E-state index in [0.717, 1.165) is 11.6 Å². The van der Waals surface area contributed by atoms with Gasteiger partial charge in [0.2, 0.25) is 0 Å². The summed E-state index contributed by atoms with van der Waals surface area (Å²) in [5, 5.41) is 4.16. The van der Waals surface area contributed by atoms with Gasteiger partial charge in [0.25, 0.3) is 0 Å². The van der Waals surface area contributed by atoms with Crippen molar-refractivity contribution in [3.8, 4) is 11.3 Å². The largest absolute Gasteiger partial charge is 0.247 e. The maximum absolute atomic E-state index is 14.5. The molecule has 0 saturated carbocycles. The molecule has 4 aromatic rings. The van der Waals surface area contributed by atoms with E-state index in [4.69, 9.17) is 0 Å². The Bertz CT molecular complexity index is 1230. The standard InChI is InChI=1S/C19H9F3N4/c20-13-8-15(22)14(21)7-12(13)17-11-5-6-26-19(11)18(23-9-24-26)10-3-1-2-4-16(10)25-17/h1-9H. The number of aliphatic imine (C=N–C) groups is 1. The monoisotopic (exact) mass is 350 g/mol. The smallest absolute Gasteiger partial charge is 0.161 e. The highest BCUT2D eigenvalue weighted by Gasteiger charge is 2.25. The molecule has 0 N–H and O–H groups in total. The van der Waals surface area contributed by atoms with E-state index < -0.39 is 17.5 Å². The number of para-hydroxylation sites is 1. The van der Waals surface area contributed by atoms with E-state index >= 15 is 0 Å². The first kappa shape index (κ1) is 14.8. The highest BCUT2D eigenvalue weighted by Crippen LogP contribution is 2.37. The second-order valence-corrected chi connectivity index (χ2v) is 5.85. The Morgan fingerprint density at radius 2 is 1.62 bits per heavy atom. The van der Waals surface area contributed by atoms with Crippen LogP contribution in [-0.4, -0.2) is 20.3 Å². The molecule has 2 aromatic heterocycles. The van der Waals surface area contributed by atoms with E-state index in [1.54, 1.807) is 28.9 Å². The van der Waals surface area contributed by atoms with E-state index in [9.17, 15) is 13.2 Å². The summed E-state index contributed by atoms with van der Waals surface area (Å²) in [5.41, 5.74) is 3.19. The van der Waals surface area contributed by atoms with E-state index in [0.29, 0.717) is 28.5 Å². The average Bonchev–Trinajstić information content (AvgIpc) is 3.01. The lowest BCUT2D eigenvalue weighted by Gasteiger charge is -2.07. The first-order valence-electron chi connectivity index (χ1n) is 7.79. The molecular weight excluding hydrogens is 341 g/mol. The van der Waals surface area contributed by atoms with Gasteiger partial charge in [0.15, 0.2) is 11.6 Å². The number of hydrogen-bond acceptors (Lipinski definition) is 3. The molecule has 0 bridgehead atoms. The van der Waals surface area contributed by atoms with Gasteiger partial charge in [-0.2, -0.15) is 5.10 Å². The van der Waals surface area contributed by atoms with Crippen LogP contribution >= 0.6 is 0 Å². The molecule has 0 saturated heterocycles. The van der Waals surface area contributed by atoms with Gasteiger partial charge in [-0.3, -0.25) is 0 Å². The van der Waals surface area contributed by atoms with Crippen LogP contribution in [0, 0.1) is 17.5 Å². The van der Waals surface area contributed by atoms with Gasteiger partial charge < -0.3 is 0 Å². The molecule has 1 aliphatic heterocycles. The van der Waals surface area contributed by atoms with Crippen LogP contribution in [0.4, 0.5) is 18.9 Å². The summed E-state index contributed by atoms with van der Waals surface area (Å²) >= 11 is 0. The molecule has 1 aliphatic rings. The molecule has 0 radical (unpaired) electrons. The van der Waals surface area contributed by atoms with Gasteiger partial charge in [-0.25, -0.2) is 27.7 Å². The molecule has 0 aliphatic carbocycles. The minimum Gasteiger partial charge on any atom is -0.247 e. The normalized spacial score (nSPS) is 12.7. The zero-order valence-electron chi connectivity index (χ0n) is 13.1. The van der Waals surface area contributed by atoms with Crippen molar-refractivity contribution in [2.24, 2.45) is 4.99 Å². The molecule has 126 valence electrons. The molecule has 0 atom stereocenters. The van der Waals surface area contributed by atoms with Crippen LogP contribution in [0.15, 0.2) is 60.0 Å². The Morgan fingerprint density at radius 1 is 0.808 bits per heavy atom. The summed E-state index contributed by atoms with van der Waals surface area (Å²) in [6.07, 6.45) is 3.11. The zero-order valence-corrected chi connectivity index (χ0v) is 13.1. The fourth-order valence-electron chi connectivity index (χ4n) is 3.20. The zero-order chi connectivity index (χ0) is 17.8. The Kier molecular flexibility index (Phi) is 3.00. The van der Waals surface area contributed by atoms with Crippen molar-refractivity contribution in [1.82, 2.24) is 14.6 Å². The van der Waals surface area contributed by atoms with Crippen LogP contribution in [0.5, 0.6) is 0 Å². The number of fused-ring (bicyclic) bond motifs is 2. The van der Waals surface area contributed by atoms with Crippen molar-refractivity contribution in [2.45, 2.75) is 0 Å². The van der Waals surface area contributed by atoms with Gasteiger partial charge in [0.1, 0.15) is 23.4 Å². The number of aromatic nitrogens is 3. The molecule has 0 amide bonds. The number of nitrogens with zero attached hydrogens (tertiary/aromatic N) is 4. The van der Waals surface area contributed by atoms with E-state index in [2.05, 4.69) is 15.1 Å². The lowest BCUT2D eigenvalue weighted by atomic mass is 10.0. The molecule has 26 heavy (non-hydrogen) atoms. The van der Waals surface area contributed by atoms with E-state index in [1.165, 1.54) is 6.33 Å². The number of halogens is 3. The van der Waals surface area contributed by atoms with Crippen molar-refractivity contribution < 1.29 is 13.2 Å². The summed E-state index contributed by atoms with van der Waals surface area (Å²) in [5.74, 6) is -3.27. The number of hydrogen-bond donors (Lipinski definition) is 0. The van der Waals surface area contributed by atoms with Crippen molar-refractivity contribution in [1.29, 1.82) is 0 Å².